The van der Waals surface area contributed by atoms with E-state index in [1.54, 1.807) is 27.5 Å². The third-order valence-corrected chi connectivity index (χ3v) is 4.06. The van der Waals surface area contributed by atoms with Gasteiger partial charge in [-0.2, -0.15) is 0 Å². The Balaban J connectivity index is 2.31. The molecule has 1 fully saturated rings. The number of methoxy groups -OCH3 is 3. The zero-order valence-electron chi connectivity index (χ0n) is 12.6. The average molecular weight is 280 g/mol. The summed E-state index contributed by atoms with van der Waals surface area (Å²) in [4.78, 5) is 9.09. The summed E-state index contributed by atoms with van der Waals surface area (Å²) >= 11 is 0. The fraction of sp³-hybridized carbons (Fsp3) is 0.733. The molecule has 1 aliphatic carbocycles. The molecule has 1 saturated carbocycles. The van der Waals surface area contributed by atoms with Gasteiger partial charge in [-0.25, -0.2) is 9.97 Å². The Labute approximate surface area is 120 Å². The van der Waals surface area contributed by atoms with Crippen LogP contribution < -0.4 is 0 Å². The van der Waals surface area contributed by atoms with E-state index < -0.39 is 6.29 Å². The van der Waals surface area contributed by atoms with Crippen molar-refractivity contribution in [3.63, 3.8) is 0 Å². The van der Waals surface area contributed by atoms with Gasteiger partial charge in [0.1, 0.15) is 11.3 Å². The third-order valence-electron chi connectivity index (χ3n) is 4.06. The summed E-state index contributed by atoms with van der Waals surface area (Å²) in [5.41, 5.74) is 0.374. The molecule has 1 aromatic rings. The van der Waals surface area contributed by atoms with Crippen molar-refractivity contribution in [1.82, 2.24) is 9.97 Å². The van der Waals surface area contributed by atoms with E-state index in [1.807, 2.05) is 6.07 Å². The van der Waals surface area contributed by atoms with Gasteiger partial charge in [0.05, 0.1) is 0 Å². The summed E-state index contributed by atoms with van der Waals surface area (Å²) in [5, 5.41) is 0. The second kappa shape index (κ2) is 7.11. The molecule has 2 rings (SSSR count). The molecule has 0 N–H and O–H groups in total. The van der Waals surface area contributed by atoms with E-state index in [0.29, 0.717) is 0 Å². The Hall–Kier alpha value is -1.04. The molecule has 0 saturated heterocycles. The van der Waals surface area contributed by atoms with Gasteiger partial charge in [-0.05, 0) is 18.9 Å². The van der Waals surface area contributed by atoms with Crippen LogP contribution in [0.15, 0.2) is 12.3 Å². The topological polar surface area (TPSA) is 53.5 Å². The van der Waals surface area contributed by atoms with E-state index in [9.17, 15) is 0 Å². The lowest BCUT2D eigenvalue weighted by Gasteiger charge is -2.30. The van der Waals surface area contributed by atoms with Gasteiger partial charge in [0.2, 0.25) is 6.29 Å². The number of ether oxygens (including phenoxy) is 3. The standard InChI is InChI=1S/C15H24N2O3/c1-18-13(19-2)12-8-11-16-14(17-12)15(20-3)9-6-4-5-7-10-15/h8,11,13H,4-7,9-10H2,1-3H3. The zero-order valence-corrected chi connectivity index (χ0v) is 12.6. The SMILES string of the molecule is COC(OC)c1ccnc(C2(OC)CCCCCC2)n1. The molecular formula is C15H24N2O3. The molecule has 5 nitrogen and oxygen atoms in total. The van der Waals surface area contributed by atoms with Crippen LogP contribution in [0.2, 0.25) is 0 Å². The van der Waals surface area contributed by atoms with Crippen LogP contribution in [-0.2, 0) is 19.8 Å². The summed E-state index contributed by atoms with van der Waals surface area (Å²) in [6.45, 7) is 0. The van der Waals surface area contributed by atoms with Crippen molar-refractivity contribution in [3.8, 4) is 0 Å². The van der Waals surface area contributed by atoms with Crippen LogP contribution in [-0.4, -0.2) is 31.3 Å². The van der Waals surface area contributed by atoms with Crippen LogP contribution in [0.1, 0.15) is 56.3 Å². The van der Waals surface area contributed by atoms with E-state index >= 15 is 0 Å². The predicted molar refractivity (Wildman–Crippen MR) is 75.2 cm³/mol. The van der Waals surface area contributed by atoms with Crippen molar-refractivity contribution in [1.29, 1.82) is 0 Å². The summed E-state index contributed by atoms with van der Waals surface area (Å²) in [6, 6.07) is 1.82. The van der Waals surface area contributed by atoms with Crippen molar-refractivity contribution >= 4 is 0 Å². The first-order valence-electron chi connectivity index (χ1n) is 7.20. The van der Waals surface area contributed by atoms with Gasteiger partial charge in [0.15, 0.2) is 5.82 Å². The number of nitrogens with zero attached hydrogens (tertiary/aromatic N) is 2. The van der Waals surface area contributed by atoms with Crippen LogP contribution >= 0.6 is 0 Å². The Morgan fingerprint density at radius 3 is 2.25 bits per heavy atom. The Bertz CT molecular complexity index is 413. The highest BCUT2D eigenvalue weighted by Crippen LogP contribution is 2.37. The lowest BCUT2D eigenvalue weighted by Crippen LogP contribution is -2.31. The normalized spacial score (nSPS) is 19.0. The van der Waals surface area contributed by atoms with Gasteiger partial charge >= 0.3 is 0 Å². The molecular weight excluding hydrogens is 256 g/mol. The number of rotatable bonds is 5. The maximum absolute atomic E-state index is 5.84. The number of hydrogen-bond donors (Lipinski definition) is 0. The Morgan fingerprint density at radius 2 is 1.70 bits per heavy atom. The highest BCUT2D eigenvalue weighted by molar-refractivity contribution is 5.10. The maximum Gasteiger partial charge on any atom is 0.200 e. The van der Waals surface area contributed by atoms with Gasteiger partial charge < -0.3 is 14.2 Å². The summed E-state index contributed by atoms with van der Waals surface area (Å²) in [6.07, 6.45) is 8.05. The molecule has 0 atom stereocenters. The van der Waals surface area contributed by atoms with Gasteiger partial charge in [0, 0.05) is 27.5 Å². The van der Waals surface area contributed by atoms with Crippen molar-refractivity contribution in [2.24, 2.45) is 0 Å². The fourth-order valence-corrected chi connectivity index (χ4v) is 2.88. The summed E-state index contributed by atoms with van der Waals surface area (Å²) < 4.78 is 16.4. The molecule has 112 valence electrons. The van der Waals surface area contributed by atoms with Gasteiger partial charge in [-0.1, -0.05) is 25.7 Å². The average Bonchev–Trinajstić information content (AvgIpc) is 2.75. The van der Waals surface area contributed by atoms with E-state index in [2.05, 4.69) is 9.97 Å². The van der Waals surface area contributed by atoms with Crippen LogP contribution in [0.5, 0.6) is 0 Å². The first-order chi connectivity index (χ1) is 9.75. The van der Waals surface area contributed by atoms with Crippen LogP contribution in [0.25, 0.3) is 0 Å². The minimum Gasteiger partial charge on any atom is -0.370 e. The minimum absolute atomic E-state index is 0.363. The molecule has 0 aliphatic heterocycles. The molecule has 20 heavy (non-hydrogen) atoms. The van der Waals surface area contributed by atoms with Crippen molar-refractivity contribution in [2.75, 3.05) is 21.3 Å². The first-order valence-corrected chi connectivity index (χ1v) is 7.20. The van der Waals surface area contributed by atoms with E-state index in [-0.39, 0.29) is 5.60 Å². The van der Waals surface area contributed by atoms with Gasteiger partial charge in [-0.15, -0.1) is 0 Å². The maximum atomic E-state index is 5.84. The molecule has 0 radical (unpaired) electrons. The first kappa shape index (κ1) is 15.4. The van der Waals surface area contributed by atoms with E-state index in [4.69, 9.17) is 14.2 Å². The molecule has 0 aromatic carbocycles. The smallest absolute Gasteiger partial charge is 0.200 e. The molecule has 0 unspecified atom stereocenters. The van der Waals surface area contributed by atoms with Crippen molar-refractivity contribution in [3.05, 3.63) is 23.8 Å². The van der Waals surface area contributed by atoms with E-state index in [0.717, 1.165) is 37.2 Å². The molecule has 1 heterocycles. The molecule has 1 aliphatic rings. The highest BCUT2D eigenvalue weighted by atomic mass is 16.7. The Morgan fingerprint density at radius 1 is 1.05 bits per heavy atom. The number of hydrogen-bond acceptors (Lipinski definition) is 5. The largest absolute Gasteiger partial charge is 0.370 e. The lowest BCUT2D eigenvalue weighted by atomic mass is 9.93. The van der Waals surface area contributed by atoms with Crippen molar-refractivity contribution < 1.29 is 14.2 Å². The zero-order chi connectivity index (χ0) is 14.4. The predicted octanol–water partition coefficient (Wildman–Crippen LogP) is 2.96. The molecule has 5 heteroatoms. The minimum atomic E-state index is -0.462. The summed E-state index contributed by atoms with van der Waals surface area (Å²) in [7, 11) is 4.97. The molecule has 0 bridgehead atoms. The highest BCUT2D eigenvalue weighted by Gasteiger charge is 2.36. The Kier molecular flexibility index (Phi) is 5.46. The van der Waals surface area contributed by atoms with Gasteiger partial charge in [-0.3, -0.25) is 0 Å². The van der Waals surface area contributed by atoms with Crippen LogP contribution in [0.4, 0.5) is 0 Å². The fourth-order valence-electron chi connectivity index (χ4n) is 2.88. The molecule has 1 aromatic heterocycles. The lowest BCUT2D eigenvalue weighted by molar-refractivity contribution is -0.109. The van der Waals surface area contributed by atoms with Gasteiger partial charge in [0.25, 0.3) is 0 Å². The summed E-state index contributed by atoms with van der Waals surface area (Å²) in [5.74, 6) is 0.749. The molecule has 0 spiro atoms. The van der Waals surface area contributed by atoms with E-state index in [1.165, 1.54) is 12.8 Å². The quantitative estimate of drug-likeness (QED) is 0.613. The second-order valence-corrected chi connectivity index (χ2v) is 5.22. The third kappa shape index (κ3) is 3.16. The molecule has 0 amide bonds. The number of aromatic nitrogens is 2. The van der Waals surface area contributed by atoms with Crippen LogP contribution in [0.3, 0.4) is 0 Å². The monoisotopic (exact) mass is 280 g/mol. The van der Waals surface area contributed by atoms with Crippen LogP contribution in [0, 0.1) is 0 Å². The second-order valence-electron chi connectivity index (χ2n) is 5.22. The van der Waals surface area contributed by atoms with Crippen molar-refractivity contribution in [2.45, 2.75) is 50.4 Å².